The number of ether oxygens (including phenoxy) is 1. The largest absolute Gasteiger partial charge is 0.484 e. The van der Waals surface area contributed by atoms with E-state index in [9.17, 15) is 9.59 Å². The number of carbonyl (C=O) groups is 2. The van der Waals surface area contributed by atoms with Crippen LogP contribution in [0.1, 0.15) is 37.5 Å². The van der Waals surface area contributed by atoms with Crippen molar-refractivity contribution in [1.29, 1.82) is 0 Å². The molecule has 2 amide bonds. The third-order valence-corrected chi connectivity index (χ3v) is 6.16. The maximum atomic E-state index is 13.1. The van der Waals surface area contributed by atoms with E-state index in [2.05, 4.69) is 5.32 Å². The lowest BCUT2D eigenvalue weighted by atomic mass is 10.1. The number of carbonyl (C=O) groups excluding carboxylic acids is 2. The van der Waals surface area contributed by atoms with Crippen LogP contribution in [0.4, 0.5) is 0 Å². The van der Waals surface area contributed by atoms with Crippen molar-refractivity contribution in [2.75, 3.05) is 13.2 Å². The summed E-state index contributed by atoms with van der Waals surface area (Å²) in [5.41, 5.74) is 2.41. The molecular weight excluding hydrogens is 471 g/mol. The summed E-state index contributed by atoms with van der Waals surface area (Å²) in [6, 6.07) is 7.90. The van der Waals surface area contributed by atoms with Crippen molar-refractivity contribution in [3.05, 3.63) is 62.1 Å². The summed E-state index contributed by atoms with van der Waals surface area (Å²) in [6.45, 7) is 9.89. The first-order valence-electron chi connectivity index (χ1n) is 10.4. The molecule has 0 aromatic heterocycles. The lowest BCUT2D eigenvalue weighted by molar-refractivity contribution is -0.142. The van der Waals surface area contributed by atoms with Gasteiger partial charge in [0.15, 0.2) is 6.61 Å². The SMILES string of the molecule is Cc1cc(OCC(=O)N(Cc2ccc(Cl)cc2Cl)[C@@H](C)C(=O)NCC(C)C)cc(C)c1Cl. The Kier molecular flexibility index (Phi) is 9.68. The van der Waals surface area contributed by atoms with Gasteiger partial charge in [-0.3, -0.25) is 9.59 Å². The van der Waals surface area contributed by atoms with E-state index in [0.29, 0.717) is 38.8 Å². The Morgan fingerprint density at radius 3 is 2.22 bits per heavy atom. The molecule has 0 bridgehead atoms. The van der Waals surface area contributed by atoms with E-state index < -0.39 is 6.04 Å². The highest BCUT2D eigenvalue weighted by Gasteiger charge is 2.27. The number of rotatable bonds is 9. The van der Waals surface area contributed by atoms with Gasteiger partial charge >= 0.3 is 0 Å². The van der Waals surface area contributed by atoms with Gasteiger partial charge in [-0.15, -0.1) is 0 Å². The van der Waals surface area contributed by atoms with Crippen molar-refractivity contribution in [3.63, 3.8) is 0 Å². The van der Waals surface area contributed by atoms with Crippen molar-refractivity contribution >= 4 is 46.6 Å². The third-order valence-electron chi connectivity index (χ3n) is 4.98. The van der Waals surface area contributed by atoms with Gasteiger partial charge in [-0.1, -0.05) is 54.7 Å². The van der Waals surface area contributed by atoms with Gasteiger partial charge in [0.05, 0.1) is 0 Å². The van der Waals surface area contributed by atoms with Gasteiger partial charge in [0, 0.05) is 28.2 Å². The van der Waals surface area contributed by atoms with E-state index in [1.807, 2.05) is 27.7 Å². The summed E-state index contributed by atoms with van der Waals surface area (Å²) in [6.07, 6.45) is 0. The molecule has 0 saturated heterocycles. The molecule has 0 aliphatic heterocycles. The predicted octanol–water partition coefficient (Wildman–Crippen LogP) is 5.83. The second-order valence-electron chi connectivity index (χ2n) is 8.23. The summed E-state index contributed by atoms with van der Waals surface area (Å²) >= 11 is 18.5. The van der Waals surface area contributed by atoms with Crippen LogP contribution in [0, 0.1) is 19.8 Å². The number of hydrogen-bond acceptors (Lipinski definition) is 3. The Hall–Kier alpha value is -1.95. The van der Waals surface area contributed by atoms with Gasteiger partial charge in [-0.25, -0.2) is 0 Å². The van der Waals surface area contributed by atoms with Gasteiger partial charge in [-0.05, 0) is 67.6 Å². The lowest BCUT2D eigenvalue weighted by Crippen LogP contribution is -2.49. The van der Waals surface area contributed by atoms with Crippen molar-refractivity contribution in [2.24, 2.45) is 5.92 Å². The highest BCUT2D eigenvalue weighted by atomic mass is 35.5. The highest BCUT2D eigenvalue weighted by Crippen LogP contribution is 2.26. The normalized spacial score (nSPS) is 11.9. The second kappa shape index (κ2) is 11.8. The van der Waals surface area contributed by atoms with Gasteiger partial charge in [0.2, 0.25) is 5.91 Å². The molecule has 0 aliphatic rings. The lowest BCUT2D eigenvalue weighted by Gasteiger charge is -2.29. The molecule has 1 N–H and O–H groups in total. The maximum absolute atomic E-state index is 13.1. The number of amides is 2. The van der Waals surface area contributed by atoms with Crippen LogP contribution < -0.4 is 10.1 Å². The topological polar surface area (TPSA) is 58.6 Å². The van der Waals surface area contributed by atoms with Crippen LogP contribution in [0.15, 0.2) is 30.3 Å². The number of benzene rings is 2. The minimum absolute atomic E-state index is 0.146. The molecule has 2 rings (SSSR count). The van der Waals surface area contributed by atoms with Crippen LogP contribution in [-0.2, 0) is 16.1 Å². The summed E-state index contributed by atoms with van der Waals surface area (Å²) in [5.74, 6) is 0.253. The Bertz CT molecular complexity index is 956. The van der Waals surface area contributed by atoms with Gasteiger partial charge in [0.1, 0.15) is 11.8 Å². The van der Waals surface area contributed by atoms with Crippen LogP contribution in [0.3, 0.4) is 0 Å². The summed E-state index contributed by atoms with van der Waals surface area (Å²) in [4.78, 5) is 27.3. The molecule has 2 aromatic carbocycles. The van der Waals surface area contributed by atoms with Crippen molar-refractivity contribution in [2.45, 2.75) is 47.2 Å². The Balaban J connectivity index is 2.21. The van der Waals surface area contributed by atoms with Crippen molar-refractivity contribution in [3.8, 4) is 5.75 Å². The molecule has 0 aliphatic carbocycles. The first-order chi connectivity index (χ1) is 15.0. The van der Waals surface area contributed by atoms with Gasteiger partial charge in [-0.2, -0.15) is 0 Å². The molecule has 1 atom stereocenters. The molecule has 0 radical (unpaired) electrons. The Morgan fingerprint density at radius 2 is 1.66 bits per heavy atom. The molecule has 32 heavy (non-hydrogen) atoms. The van der Waals surface area contributed by atoms with Crippen LogP contribution in [0.5, 0.6) is 5.75 Å². The number of nitrogens with zero attached hydrogens (tertiary/aromatic N) is 1. The van der Waals surface area contributed by atoms with E-state index in [0.717, 1.165) is 11.1 Å². The molecular formula is C24H29Cl3N2O3. The zero-order chi connectivity index (χ0) is 24.0. The Labute approximate surface area is 205 Å². The molecule has 0 heterocycles. The first-order valence-corrected chi connectivity index (χ1v) is 11.5. The molecule has 0 fully saturated rings. The smallest absolute Gasteiger partial charge is 0.261 e. The van der Waals surface area contributed by atoms with Gasteiger partial charge in [0.25, 0.3) is 5.91 Å². The monoisotopic (exact) mass is 498 g/mol. The predicted molar refractivity (Wildman–Crippen MR) is 131 cm³/mol. The van der Waals surface area contributed by atoms with Crippen molar-refractivity contribution < 1.29 is 14.3 Å². The average Bonchev–Trinajstić information content (AvgIpc) is 2.72. The van der Waals surface area contributed by atoms with Crippen LogP contribution in [0.25, 0.3) is 0 Å². The molecule has 2 aromatic rings. The van der Waals surface area contributed by atoms with E-state index >= 15 is 0 Å². The maximum Gasteiger partial charge on any atom is 0.261 e. The summed E-state index contributed by atoms with van der Waals surface area (Å²) in [5, 5.41) is 4.47. The van der Waals surface area contributed by atoms with Crippen LogP contribution in [0.2, 0.25) is 15.1 Å². The fourth-order valence-corrected chi connectivity index (χ4v) is 3.66. The molecule has 0 unspecified atom stereocenters. The fourth-order valence-electron chi connectivity index (χ4n) is 3.09. The number of halogens is 3. The minimum atomic E-state index is -0.717. The van der Waals surface area contributed by atoms with Crippen LogP contribution in [-0.4, -0.2) is 35.9 Å². The first kappa shape index (κ1) is 26.3. The Morgan fingerprint density at radius 1 is 1.03 bits per heavy atom. The highest BCUT2D eigenvalue weighted by molar-refractivity contribution is 6.35. The fraction of sp³-hybridized carbons (Fsp3) is 0.417. The zero-order valence-corrected chi connectivity index (χ0v) is 21.2. The van der Waals surface area contributed by atoms with Crippen molar-refractivity contribution in [1.82, 2.24) is 10.2 Å². The van der Waals surface area contributed by atoms with E-state index in [1.165, 1.54) is 4.90 Å². The van der Waals surface area contributed by atoms with Gasteiger partial charge < -0.3 is 15.0 Å². The quantitative estimate of drug-likeness (QED) is 0.472. The molecule has 174 valence electrons. The summed E-state index contributed by atoms with van der Waals surface area (Å²) in [7, 11) is 0. The third kappa shape index (κ3) is 7.29. The second-order valence-corrected chi connectivity index (χ2v) is 9.45. The van der Waals surface area contributed by atoms with E-state index in [4.69, 9.17) is 39.5 Å². The zero-order valence-electron chi connectivity index (χ0n) is 19.0. The van der Waals surface area contributed by atoms with E-state index in [1.54, 1.807) is 37.3 Å². The van der Waals surface area contributed by atoms with E-state index in [-0.39, 0.29) is 25.0 Å². The molecule has 8 heteroatoms. The van der Waals surface area contributed by atoms with Crippen LogP contribution >= 0.6 is 34.8 Å². The number of nitrogens with one attached hydrogen (secondary N) is 1. The number of aryl methyl sites for hydroxylation is 2. The molecule has 0 saturated carbocycles. The average molecular weight is 500 g/mol. The minimum Gasteiger partial charge on any atom is -0.484 e. The molecule has 5 nitrogen and oxygen atoms in total. The number of hydrogen-bond donors (Lipinski definition) is 1. The summed E-state index contributed by atoms with van der Waals surface area (Å²) < 4.78 is 5.74. The molecule has 0 spiro atoms. The standard InChI is InChI=1S/C24H29Cl3N2O3/c1-14(2)11-28-24(31)17(5)29(12-18-6-7-19(25)10-21(18)26)22(30)13-32-20-8-15(3)23(27)16(4)9-20/h6-10,14,17H,11-13H2,1-5H3,(H,28,31)/t17-/m0/s1.